The molecule has 2 bridgehead atoms. The molecule has 32 heavy (non-hydrogen) atoms. The average Bonchev–Trinajstić information content (AvgIpc) is 2.78. The Morgan fingerprint density at radius 3 is 2.97 bits per heavy atom. The van der Waals surface area contributed by atoms with Gasteiger partial charge in [0, 0.05) is 34.8 Å². The van der Waals surface area contributed by atoms with E-state index >= 15 is 0 Å². The predicted molar refractivity (Wildman–Crippen MR) is 112 cm³/mol. The summed E-state index contributed by atoms with van der Waals surface area (Å²) < 4.78 is 10.0. The van der Waals surface area contributed by atoms with Crippen molar-refractivity contribution in [2.24, 2.45) is 10.3 Å². The predicted octanol–water partition coefficient (Wildman–Crippen LogP) is 3.49. The lowest BCUT2D eigenvalue weighted by atomic mass is 9.48. The van der Waals surface area contributed by atoms with Crippen molar-refractivity contribution in [1.82, 2.24) is 4.90 Å². The second-order valence-electron chi connectivity index (χ2n) is 8.37. The minimum absolute atomic E-state index is 0.0181. The summed E-state index contributed by atoms with van der Waals surface area (Å²) in [6, 6.07) is 2.79. The zero-order valence-electron chi connectivity index (χ0n) is 17.4. The fourth-order valence-corrected chi connectivity index (χ4v) is 5.79. The number of hydrogen-bond donors (Lipinski definition) is 1. The van der Waals surface area contributed by atoms with Gasteiger partial charge in [-0.15, -0.1) is 0 Å². The molecule has 0 aromatic heterocycles. The van der Waals surface area contributed by atoms with Gasteiger partial charge in [0.1, 0.15) is 17.9 Å². The first kappa shape index (κ1) is 21.8. The summed E-state index contributed by atoms with van der Waals surface area (Å²) in [6.07, 6.45) is 1.59. The molecule has 1 aromatic rings. The van der Waals surface area contributed by atoms with E-state index in [4.69, 9.17) is 15.0 Å². The molecule has 0 unspecified atom stereocenters. The number of rotatable bonds is 6. The lowest BCUT2D eigenvalue weighted by Gasteiger charge is -2.62. The van der Waals surface area contributed by atoms with E-state index < -0.39 is 17.1 Å². The highest BCUT2D eigenvalue weighted by molar-refractivity contribution is 5.83. The molecule has 1 N–H and O–H groups in total. The van der Waals surface area contributed by atoms with Crippen molar-refractivity contribution in [2.45, 2.75) is 49.1 Å². The van der Waals surface area contributed by atoms with Crippen LogP contribution in [-0.2, 0) is 21.4 Å². The summed E-state index contributed by atoms with van der Waals surface area (Å²) in [5.41, 5.74) is 7.71. The second-order valence-corrected chi connectivity index (χ2v) is 8.37. The van der Waals surface area contributed by atoms with Crippen molar-refractivity contribution in [2.75, 3.05) is 19.8 Å². The maximum Gasteiger partial charge on any atom is 0.514 e. The number of phenols is 1. The number of carbonyl (C=O) groups excluding carboxylic acids is 2. The number of likely N-dealkylation sites (tertiary alicyclic amines) is 1. The van der Waals surface area contributed by atoms with E-state index in [1.807, 2.05) is 4.90 Å². The highest BCUT2D eigenvalue weighted by Crippen LogP contribution is 2.62. The lowest BCUT2D eigenvalue weighted by Crippen LogP contribution is -2.72. The van der Waals surface area contributed by atoms with E-state index in [1.54, 1.807) is 6.07 Å². The van der Waals surface area contributed by atoms with Crippen LogP contribution in [0.4, 0.5) is 4.79 Å². The van der Waals surface area contributed by atoms with Crippen molar-refractivity contribution in [1.29, 1.82) is 0 Å². The third-order valence-electron chi connectivity index (χ3n) is 7.03. The maximum absolute atomic E-state index is 12.6. The quantitative estimate of drug-likeness (QED) is 0.135. The molecule has 0 amide bonds. The van der Waals surface area contributed by atoms with Crippen LogP contribution in [0.3, 0.4) is 0 Å². The van der Waals surface area contributed by atoms with Gasteiger partial charge in [-0.1, -0.05) is 29.0 Å². The summed E-state index contributed by atoms with van der Waals surface area (Å²) in [5, 5.41) is 18.4. The van der Waals surface area contributed by atoms with Crippen LogP contribution < -0.4 is 4.74 Å². The Hall–Kier alpha value is -3.43. The fraction of sp³-hybridized carbons (Fsp3) is 0.524. The molecule has 1 heterocycles. The summed E-state index contributed by atoms with van der Waals surface area (Å²) in [4.78, 5) is 41.8. The number of carbonyl (C=O) groups is 2. The number of piperidine rings is 1. The molecule has 1 aliphatic heterocycles. The molecular weight excluding hydrogens is 418 g/mol. The number of nitroso groups, excluding NO2 is 1. The number of azide groups is 1. The molecule has 11 nitrogen and oxygen atoms in total. The molecule has 3 aliphatic rings. The number of fused-ring (bicyclic) bond motifs is 1. The van der Waals surface area contributed by atoms with Crippen LogP contribution in [0.1, 0.15) is 36.8 Å². The smallest absolute Gasteiger partial charge is 0.504 e. The summed E-state index contributed by atoms with van der Waals surface area (Å²) >= 11 is 0. The van der Waals surface area contributed by atoms with Crippen LogP contribution in [0.5, 0.6) is 11.5 Å². The van der Waals surface area contributed by atoms with E-state index in [1.165, 1.54) is 12.1 Å². The number of Topliss-reactive ketones (excluding diaryl/α,β-unsaturated/α-hetero) is 1. The largest absolute Gasteiger partial charge is 0.514 e. The van der Waals surface area contributed by atoms with E-state index in [-0.39, 0.29) is 55.9 Å². The summed E-state index contributed by atoms with van der Waals surface area (Å²) in [6.45, 7) is 3.95. The molecule has 2 fully saturated rings. The summed E-state index contributed by atoms with van der Waals surface area (Å²) in [7, 11) is 0. The van der Waals surface area contributed by atoms with Gasteiger partial charge in [0.25, 0.3) is 0 Å². The second kappa shape index (κ2) is 8.25. The Bertz CT molecular complexity index is 1040. The molecule has 2 aliphatic carbocycles. The molecule has 4 rings (SSSR count). The molecule has 3 atom stereocenters. The minimum atomic E-state index is -1.18. The topological polar surface area (TPSA) is 154 Å². The van der Waals surface area contributed by atoms with Gasteiger partial charge in [-0.05, 0) is 43.0 Å². The number of ketones is 1. The minimum Gasteiger partial charge on any atom is -0.504 e. The van der Waals surface area contributed by atoms with Crippen LogP contribution >= 0.6 is 0 Å². The van der Waals surface area contributed by atoms with Crippen LogP contribution in [0.2, 0.25) is 0 Å². The average molecular weight is 441 g/mol. The molecule has 11 heteroatoms. The normalized spacial score (nSPS) is 28.5. The summed E-state index contributed by atoms with van der Waals surface area (Å²) in [5.74, 6) is -0.418. The zero-order valence-corrected chi connectivity index (χ0v) is 17.4. The molecule has 0 spiro atoms. The van der Waals surface area contributed by atoms with Crippen LogP contribution in [0, 0.1) is 4.91 Å². The van der Waals surface area contributed by atoms with Gasteiger partial charge in [-0.3, -0.25) is 9.69 Å². The van der Waals surface area contributed by atoms with Gasteiger partial charge in [0.2, 0.25) is 0 Å². The third-order valence-corrected chi connectivity index (χ3v) is 7.03. The van der Waals surface area contributed by atoms with Crippen molar-refractivity contribution in [3.63, 3.8) is 0 Å². The Kier molecular flexibility index (Phi) is 5.62. The van der Waals surface area contributed by atoms with Crippen LogP contribution in [0.15, 0.2) is 35.1 Å². The highest BCUT2D eigenvalue weighted by Gasteiger charge is 2.67. The maximum atomic E-state index is 12.6. The van der Waals surface area contributed by atoms with E-state index in [0.29, 0.717) is 24.9 Å². The van der Waals surface area contributed by atoms with Crippen LogP contribution in [-0.4, -0.2) is 53.3 Å². The van der Waals surface area contributed by atoms with Gasteiger partial charge in [-0.25, -0.2) is 4.79 Å². The first-order valence-electron chi connectivity index (χ1n) is 10.3. The molecule has 1 saturated carbocycles. The molecule has 1 saturated heterocycles. The van der Waals surface area contributed by atoms with Crippen molar-refractivity contribution < 1.29 is 24.2 Å². The van der Waals surface area contributed by atoms with E-state index in [2.05, 4.69) is 21.8 Å². The third kappa shape index (κ3) is 3.12. The number of phenolic OH excluding ortho intramolecular Hbond substituents is 1. The number of nitrogens with zero attached hydrogens (tertiary/aromatic N) is 5. The molecular formula is C21H23N5O6. The van der Waals surface area contributed by atoms with E-state index in [9.17, 15) is 19.6 Å². The Labute approximate surface area is 183 Å². The van der Waals surface area contributed by atoms with Gasteiger partial charge in [0.15, 0.2) is 11.5 Å². The van der Waals surface area contributed by atoms with Gasteiger partial charge >= 0.3 is 6.16 Å². The fourth-order valence-electron chi connectivity index (χ4n) is 5.79. The van der Waals surface area contributed by atoms with Crippen LogP contribution in [0.25, 0.3) is 10.4 Å². The Balaban J connectivity index is 1.84. The first-order chi connectivity index (χ1) is 15.4. The number of benzene rings is 1. The SMILES string of the molecule is C=CCOC(=O)Oc1ccc2c(c1O)[C@]13CCN(CN=[N+]=[N-])[C@H](C2)[C@]1(N=O)CCC(=O)C3. The van der Waals surface area contributed by atoms with Gasteiger partial charge in [0.05, 0.1) is 6.67 Å². The lowest BCUT2D eigenvalue weighted by molar-refractivity contribution is -0.129. The van der Waals surface area contributed by atoms with Gasteiger partial charge < -0.3 is 14.6 Å². The molecule has 168 valence electrons. The number of ether oxygens (including phenoxy) is 2. The van der Waals surface area contributed by atoms with Crippen molar-refractivity contribution >= 4 is 11.9 Å². The monoisotopic (exact) mass is 441 g/mol. The number of hydrogen-bond acceptors (Lipinski definition) is 9. The van der Waals surface area contributed by atoms with Gasteiger partial charge in [-0.2, -0.15) is 4.91 Å². The van der Waals surface area contributed by atoms with Crippen molar-refractivity contribution in [3.8, 4) is 11.5 Å². The zero-order chi connectivity index (χ0) is 22.9. The highest BCUT2D eigenvalue weighted by atomic mass is 16.7. The number of aromatic hydroxyl groups is 1. The molecule has 0 radical (unpaired) electrons. The first-order valence-corrected chi connectivity index (χ1v) is 10.3. The Morgan fingerprint density at radius 2 is 2.25 bits per heavy atom. The molecule has 1 aromatic carbocycles. The standard InChI is InChI=1S/C21H23N5O6/c1-2-9-31-19(29)32-15-4-3-13-10-16-21(24-30)6-5-14(27)11-20(21,17(13)18(15)28)7-8-26(16)12-23-25-22/h2-4,16,28H,1,5-12H2/t16-,20-,21-/m1/s1. The van der Waals surface area contributed by atoms with Crippen molar-refractivity contribution in [3.05, 3.63) is 51.3 Å². The van der Waals surface area contributed by atoms with E-state index in [0.717, 1.165) is 5.56 Å². The Morgan fingerprint density at radius 1 is 1.44 bits per heavy atom.